The first kappa shape index (κ1) is 21.9. The Bertz CT molecular complexity index is 730. The lowest BCUT2D eigenvalue weighted by Gasteiger charge is -2.58. The van der Waals surface area contributed by atoms with E-state index in [4.69, 9.17) is 9.84 Å². The number of carboxylic acid groups (broad SMARTS) is 1. The van der Waals surface area contributed by atoms with Crippen LogP contribution in [0.1, 0.15) is 33.6 Å². The molecule has 1 aliphatic rings. The summed E-state index contributed by atoms with van der Waals surface area (Å²) >= 11 is 0. The Kier molecular flexibility index (Phi) is 6.54. The fourth-order valence-electron chi connectivity index (χ4n) is 3.20. The molecule has 1 aromatic rings. The number of nitrogens with zero attached hydrogens (tertiary/aromatic N) is 1. The van der Waals surface area contributed by atoms with Crippen molar-refractivity contribution in [3.05, 3.63) is 30.3 Å². The van der Waals surface area contributed by atoms with Crippen molar-refractivity contribution in [1.82, 2.24) is 9.88 Å². The third kappa shape index (κ3) is 4.73. The second-order valence-corrected chi connectivity index (χ2v) is 13.8. The summed E-state index contributed by atoms with van der Waals surface area (Å²) in [5, 5.41) is 11.7. The molecule has 2 rings (SSSR count). The van der Waals surface area contributed by atoms with E-state index in [0.717, 1.165) is 0 Å². The van der Waals surface area contributed by atoms with Gasteiger partial charge in [-0.15, -0.1) is 0 Å². The van der Waals surface area contributed by atoms with Crippen molar-refractivity contribution in [3.8, 4) is 5.75 Å². The van der Waals surface area contributed by atoms with Gasteiger partial charge in [0.15, 0.2) is 14.8 Å². The van der Waals surface area contributed by atoms with Gasteiger partial charge in [0.1, 0.15) is 11.8 Å². The van der Waals surface area contributed by atoms with Gasteiger partial charge in [0.25, 0.3) is 5.91 Å². The summed E-state index contributed by atoms with van der Waals surface area (Å²) in [7, 11) is -2.18. The van der Waals surface area contributed by atoms with Gasteiger partial charge in [-0.25, -0.2) is 0 Å². The molecule has 0 radical (unpaired) electrons. The van der Waals surface area contributed by atoms with Gasteiger partial charge >= 0.3 is 5.97 Å². The largest absolute Gasteiger partial charge is 0.484 e. The molecule has 1 fully saturated rings. The van der Waals surface area contributed by atoms with Crippen molar-refractivity contribution in [2.45, 2.75) is 63.8 Å². The van der Waals surface area contributed by atoms with Crippen molar-refractivity contribution < 1.29 is 24.2 Å². The minimum atomic E-state index is -2.18. The average molecular weight is 407 g/mol. The smallest absolute Gasteiger partial charge is 0.303 e. The molecule has 1 aromatic carbocycles. The second-order valence-electron chi connectivity index (χ2n) is 8.66. The van der Waals surface area contributed by atoms with Crippen LogP contribution in [-0.2, 0) is 14.4 Å². The van der Waals surface area contributed by atoms with Gasteiger partial charge in [-0.1, -0.05) is 52.1 Å². The molecule has 0 saturated carbocycles. The second kappa shape index (κ2) is 8.34. The van der Waals surface area contributed by atoms with Crippen LogP contribution in [0.25, 0.3) is 0 Å². The molecule has 0 spiro atoms. The Balaban J connectivity index is 2.06. The van der Waals surface area contributed by atoms with Crippen LogP contribution < -0.4 is 10.1 Å². The number of hydrogen-bond acceptors (Lipinski definition) is 4. The predicted octanol–water partition coefficient (Wildman–Crippen LogP) is 2.63. The first-order valence-electron chi connectivity index (χ1n) is 9.47. The predicted molar refractivity (Wildman–Crippen MR) is 109 cm³/mol. The van der Waals surface area contributed by atoms with Gasteiger partial charge in [-0.3, -0.25) is 14.4 Å². The number of rotatable bonds is 8. The normalized spacial score (nSPS) is 19.8. The number of nitrogens with one attached hydrogen (secondary N) is 1. The topological polar surface area (TPSA) is 95.9 Å². The summed E-state index contributed by atoms with van der Waals surface area (Å²) in [4.78, 5) is 36.2. The Morgan fingerprint density at radius 3 is 2.36 bits per heavy atom. The van der Waals surface area contributed by atoms with E-state index >= 15 is 0 Å². The van der Waals surface area contributed by atoms with E-state index in [0.29, 0.717) is 12.2 Å². The van der Waals surface area contributed by atoms with Gasteiger partial charge in [0, 0.05) is 6.42 Å². The summed E-state index contributed by atoms with van der Waals surface area (Å²) in [6.07, 6.45) is 0.272. The fraction of sp³-hybridized carbons (Fsp3) is 0.550. The van der Waals surface area contributed by atoms with Crippen LogP contribution in [0.15, 0.2) is 30.3 Å². The fourth-order valence-corrected chi connectivity index (χ4v) is 5.72. The molecule has 1 saturated heterocycles. The number of β-lactam (4-membered cyclic amide) rings is 1. The molecular weight excluding hydrogens is 376 g/mol. The first-order valence-corrected chi connectivity index (χ1v) is 12.4. The number of benzene rings is 1. The van der Waals surface area contributed by atoms with Gasteiger partial charge in [-0.05, 0) is 23.6 Å². The third-order valence-corrected chi connectivity index (χ3v) is 11.2. The van der Waals surface area contributed by atoms with E-state index in [-0.39, 0.29) is 30.0 Å². The summed E-state index contributed by atoms with van der Waals surface area (Å²) in [6, 6.07) is 7.96. The van der Waals surface area contributed by atoms with Crippen molar-refractivity contribution in [1.29, 1.82) is 0 Å². The minimum absolute atomic E-state index is 0.0457. The molecular formula is C20H30N2O5Si. The highest BCUT2D eigenvalue weighted by Crippen LogP contribution is 2.43. The lowest BCUT2D eigenvalue weighted by Crippen LogP contribution is -2.78. The van der Waals surface area contributed by atoms with E-state index in [9.17, 15) is 14.4 Å². The number of hydrogen-bond donors (Lipinski definition) is 2. The number of aliphatic carboxylic acids is 1. The monoisotopic (exact) mass is 406 g/mol. The molecule has 1 aliphatic heterocycles. The van der Waals surface area contributed by atoms with Crippen molar-refractivity contribution in [2.24, 2.45) is 0 Å². The number of ether oxygens (including phenoxy) is 1. The molecule has 154 valence electrons. The Hall–Kier alpha value is -2.35. The highest BCUT2D eigenvalue weighted by molar-refractivity contribution is 6.80. The molecule has 28 heavy (non-hydrogen) atoms. The zero-order valence-corrected chi connectivity index (χ0v) is 18.2. The van der Waals surface area contributed by atoms with E-state index in [1.165, 1.54) is 0 Å². The zero-order chi connectivity index (χ0) is 21.1. The van der Waals surface area contributed by atoms with Crippen molar-refractivity contribution >= 4 is 26.0 Å². The van der Waals surface area contributed by atoms with Crippen LogP contribution in [0.4, 0.5) is 0 Å². The average Bonchev–Trinajstić information content (AvgIpc) is 2.60. The van der Waals surface area contributed by atoms with Crippen molar-refractivity contribution in [2.75, 3.05) is 6.61 Å². The van der Waals surface area contributed by atoms with Gasteiger partial charge in [0.2, 0.25) is 5.91 Å². The van der Waals surface area contributed by atoms with Crippen LogP contribution in [0.5, 0.6) is 5.75 Å². The summed E-state index contributed by atoms with van der Waals surface area (Å²) in [5.41, 5.74) is 0. The quantitative estimate of drug-likeness (QED) is 0.511. The molecule has 2 atom stereocenters. The van der Waals surface area contributed by atoms with Crippen LogP contribution in [0.3, 0.4) is 0 Å². The molecule has 2 N–H and O–H groups in total. The van der Waals surface area contributed by atoms with Crippen LogP contribution >= 0.6 is 0 Å². The lowest BCUT2D eigenvalue weighted by molar-refractivity contribution is -0.149. The highest BCUT2D eigenvalue weighted by atomic mass is 28.3. The molecule has 1 heterocycles. The molecule has 2 amide bonds. The lowest BCUT2D eigenvalue weighted by atomic mass is 9.94. The Labute approximate surface area is 167 Å². The van der Waals surface area contributed by atoms with Gasteiger partial charge in [0.05, 0.1) is 6.04 Å². The SMILES string of the molecule is CC(C)(C)[Si](C)(C)N1C(=O)[C@@H](NC(=O)COc2ccccc2)[C@H]1CCC(=O)O. The maximum atomic E-state index is 12.9. The van der Waals surface area contributed by atoms with E-state index in [1.54, 1.807) is 12.1 Å². The summed E-state index contributed by atoms with van der Waals surface area (Å²) in [5.74, 6) is -0.859. The van der Waals surface area contributed by atoms with Crippen molar-refractivity contribution in [3.63, 3.8) is 0 Å². The first-order chi connectivity index (χ1) is 12.9. The Morgan fingerprint density at radius 2 is 1.82 bits per heavy atom. The molecule has 0 bridgehead atoms. The number of carbonyl (C=O) groups excluding carboxylic acids is 2. The van der Waals surface area contributed by atoms with Crippen LogP contribution in [-0.4, -0.2) is 54.4 Å². The highest BCUT2D eigenvalue weighted by Gasteiger charge is 2.57. The minimum Gasteiger partial charge on any atom is -0.484 e. The Morgan fingerprint density at radius 1 is 1.21 bits per heavy atom. The standard InChI is InChI=1S/C20H30N2O5Si/c1-20(2,3)28(4,5)22-15(11-12-17(24)25)18(19(22)26)21-16(23)13-27-14-9-7-6-8-10-14/h6-10,15,18H,11-13H2,1-5H3,(H,21,23)(H,24,25)/t15-,18+/m1/s1. The van der Waals surface area contributed by atoms with E-state index in [1.807, 2.05) is 22.8 Å². The summed E-state index contributed by atoms with van der Waals surface area (Å²) < 4.78 is 7.29. The van der Waals surface area contributed by atoms with Crippen LogP contribution in [0, 0.1) is 0 Å². The number of para-hydroxylation sites is 1. The number of amides is 2. The van der Waals surface area contributed by atoms with Gasteiger partial charge < -0.3 is 19.7 Å². The zero-order valence-electron chi connectivity index (χ0n) is 17.2. The number of carboxylic acids is 1. The van der Waals surface area contributed by atoms with E-state index < -0.39 is 26.2 Å². The van der Waals surface area contributed by atoms with E-state index in [2.05, 4.69) is 39.2 Å². The van der Waals surface area contributed by atoms with Crippen LogP contribution in [0.2, 0.25) is 18.1 Å². The maximum absolute atomic E-state index is 12.9. The maximum Gasteiger partial charge on any atom is 0.303 e. The van der Waals surface area contributed by atoms with Gasteiger partial charge in [-0.2, -0.15) is 0 Å². The number of carbonyl (C=O) groups is 3. The third-order valence-electron chi connectivity index (χ3n) is 5.74. The molecule has 0 aliphatic carbocycles. The summed E-state index contributed by atoms with van der Waals surface area (Å²) in [6.45, 7) is 10.3. The molecule has 0 unspecified atom stereocenters. The molecule has 8 heteroatoms. The molecule has 0 aromatic heterocycles. The molecule has 7 nitrogen and oxygen atoms in total.